The maximum atomic E-state index is 12.5. The van der Waals surface area contributed by atoms with E-state index >= 15 is 0 Å². The van der Waals surface area contributed by atoms with E-state index in [1.807, 2.05) is 21.9 Å². The lowest BCUT2D eigenvalue weighted by Gasteiger charge is -2.36. The molecule has 0 saturated carbocycles. The van der Waals surface area contributed by atoms with Crippen molar-refractivity contribution in [3.8, 4) is 0 Å². The first-order valence-electron chi connectivity index (χ1n) is 11.3. The van der Waals surface area contributed by atoms with Crippen LogP contribution < -0.4 is 0 Å². The van der Waals surface area contributed by atoms with Gasteiger partial charge in [-0.25, -0.2) is 0 Å². The van der Waals surface area contributed by atoms with Crippen LogP contribution in [0.25, 0.3) is 0 Å². The summed E-state index contributed by atoms with van der Waals surface area (Å²) >= 11 is 0. The maximum Gasteiger partial charge on any atom is 0.253 e. The Morgan fingerprint density at radius 1 is 0.655 bits per heavy atom. The van der Waals surface area contributed by atoms with Gasteiger partial charge in [0.15, 0.2) is 0 Å². The highest BCUT2D eigenvalue weighted by atomic mass is 16.2. The summed E-state index contributed by atoms with van der Waals surface area (Å²) in [4.78, 5) is 33.7. The van der Waals surface area contributed by atoms with Gasteiger partial charge in [-0.3, -0.25) is 19.4 Å². The smallest absolute Gasteiger partial charge is 0.253 e. The van der Waals surface area contributed by atoms with Gasteiger partial charge in [-0.15, -0.1) is 0 Å². The minimum atomic E-state index is 0.168. The van der Waals surface area contributed by atoms with E-state index in [0.29, 0.717) is 12.5 Å². The average Bonchev–Trinajstić information content (AvgIpc) is 3.31. The van der Waals surface area contributed by atoms with Crippen molar-refractivity contribution in [3.05, 3.63) is 35.4 Å². The van der Waals surface area contributed by atoms with Gasteiger partial charge in [-0.1, -0.05) is 12.1 Å². The number of carbonyl (C=O) groups is 2. The fourth-order valence-corrected chi connectivity index (χ4v) is 4.65. The second-order valence-electron chi connectivity index (χ2n) is 8.69. The van der Waals surface area contributed by atoms with Gasteiger partial charge < -0.3 is 9.80 Å². The predicted molar refractivity (Wildman–Crippen MR) is 114 cm³/mol. The van der Waals surface area contributed by atoms with E-state index in [1.165, 1.54) is 12.0 Å². The van der Waals surface area contributed by atoms with Crippen LogP contribution in [-0.4, -0.2) is 90.3 Å². The Hall–Kier alpha value is -1.92. The Morgan fingerprint density at radius 3 is 1.86 bits per heavy atom. The van der Waals surface area contributed by atoms with Crippen LogP contribution in [0.2, 0.25) is 0 Å². The summed E-state index contributed by atoms with van der Waals surface area (Å²) in [5.74, 6) is 0.470. The van der Waals surface area contributed by atoms with Crippen molar-refractivity contribution in [1.29, 1.82) is 0 Å². The molecule has 4 rings (SSSR count). The molecule has 1 aromatic carbocycles. The molecule has 0 atom stereocenters. The quantitative estimate of drug-likeness (QED) is 0.762. The first-order valence-corrected chi connectivity index (χ1v) is 11.3. The predicted octanol–water partition coefficient (Wildman–Crippen LogP) is 2.05. The highest BCUT2D eigenvalue weighted by molar-refractivity contribution is 5.94. The number of hydrogen-bond donors (Lipinski definition) is 0. The van der Waals surface area contributed by atoms with Crippen LogP contribution in [0.1, 0.15) is 48.0 Å². The van der Waals surface area contributed by atoms with Crippen molar-refractivity contribution in [3.63, 3.8) is 0 Å². The first-order chi connectivity index (χ1) is 14.2. The molecule has 3 heterocycles. The van der Waals surface area contributed by atoms with E-state index in [2.05, 4.69) is 21.9 Å². The fraction of sp³-hybridized carbons (Fsp3) is 0.652. The zero-order valence-corrected chi connectivity index (χ0v) is 17.5. The third kappa shape index (κ3) is 5.37. The minimum Gasteiger partial charge on any atom is -0.342 e. The normalized spacial score (nSPS) is 21.5. The number of benzene rings is 1. The molecule has 3 aliphatic heterocycles. The van der Waals surface area contributed by atoms with Gasteiger partial charge in [0.25, 0.3) is 5.91 Å². The zero-order chi connectivity index (χ0) is 20.1. The second kappa shape index (κ2) is 9.72. The van der Waals surface area contributed by atoms with Crippen molar-refractivity contribution in [2.75, 3.05) is 58.9 Å². The number of piperidine rings is 1. The van der Waals surface area contributed by atoms with E-state index in [4.69, 9.17) is 0 Å². The maximum absolute atomic E-state index is 12.5. The molecular formula is C23H34N4O2. The molecule has 0 spiro atoms. The Kier molecular flexibility index (Phi) is 6.82. The van der Waals surface area contributed by atoms with Crippen LogP contribution in [0.5, 0.6) is 0 Å². The molecule has 158 valence electrons. The number of carbonyl (C=O) groups excluding carboxylic acids is 2. The minimum absolute atomic E-state index is 0.168. The molecule has 3 fully saturated rings. The Balaban J connectivity index is 1.21. The number of rotatable bonds is 5. The molecule has 0 unspecified atom stereocenters. The summed E-state index contributed by atoms with van der Waals surface area (Å²) < 4.78 is 0. The van der Waals surface area contributed by atoms with Crippen LogP contribution in [-0.2, 0) is 11.3 Å². The Morgan fingerprint density at radius 2 is 1.21 bits per heavy atom. The Labute approximate surface area is 174 Å². The molecule has 0 radical (unpaired) electrons. The van der Waals surface area contributed by atoms with Crippen LogP contribution in [0, 0.1) is 0 Å². The molecule has 29 heavy (non-hydrogen) atoms. The third-order valence-corrected chi connectivity index (χ3v) is 6.53. The van der Waals surface area contributed by atoms with Crippen LogP contribution in [0.3, 0.4) is 0 Å². The lowest BCUT2D eigenvalue weighted by molar-refractivity contribution is -0.133. The standard InChI is InChI=1S/C23H34N4O2/c28-22(26-10-2-1-3-11-26)19-25-16-14-24(15-17-25)18-20-6-8-21(9-7-20)23(29)27-12-4-5-13-27/h6-9H,1-5,10-19H2. The molecule has 6 heteroatoms. The average molecular weight is 399 g/mol. The SMILES string of the molecule is O=C(CN1CCN(Cc2ccc(C(=O)N3CCCC3)cc2)CC1)N1CCCCC1. The number of nitrogens with zero attached hydrogens (tertiary/aromatic N) is 4. The van der Waals surface area contributed by atoms with E-state index in [1.54, 1.807) is 0 Å². The largest absolute Gasteiger partial charge is 0.342 e. The van der Waals surface area contributed by atoms with Crippen LogP contribution >= 0.6 is 0 Å². The van der Waals surface area contributed by atoms with Crippen molar-refractivity contribution >= 4 is 11.8 Å². The summed E-state index contributed by atoms with van der Waals surface area (Å²) in [5, 5.41) is 0. The highest BCUT2D eigenvalue weighted by Crippen LogP contribution is 2.15. The molecule has 0 bridgehead atoms. The van der Waals surface area contributed by atoms with Gasteiger partial charge in [0.1, 0.15) is 0 Å². The van der Waals surface area contributed by atoms with E-state index in [-0.39, 0.29) is 5.91 Å². The Bertz CT molecular complexity index is 685. The van der Waals surface area contributed by atoms with Crippen molar-refractivity contribution in [1.82, 2.24) is 19.6 Å². The molecule has 1 aromatic rings. The summed E-state index contributed by atoms with van der Waals surface area (Å²) in [5.41, 5.74) is 2.05. The van der Waals surface area contributed by atoms with Crippen molar-refractivity contribution in [2.24, 2.45) is 0 Å². The number of hydrogen-bond acceptors (Lipinski definition) is 4. The summed E-state index contributed by atoms with van der Waals surface area (Å²) in [7, 11) is 0. The first kappa shape index (κ1) is 20.4. The van der Waals surface area contributed by atoms with Crippen LogP contribution in [0.4, 0.5) is 0 Å². The van der Waals surface area contributed by atoms with Gasteiger partial charge in [-0.05, 0) is 49.8 Å². The van der Waals surface area contributed by atoms with Gasteiger partial charge in [0.05, 0.1) is 6.54 Å². The van der Waals surface area contributed by atoms with E-state index < -0.39 is 0 Å². The lowest BCUT2D eigenvalue weighted by atomic mass is 10.1. The van der Waals surface area contributed by atoms with E-state index in [9.17, 15) is 9.59 Å². The molecule has 3 saturated heterocycles. The molecule has 6 nitrogen and oxygen atoms in total. The van der Waals surface area contributed by atoms with Gasteiger partial charge in [0.2, 0.25) is 5.91 Å². The summed E-state index contributed by atoms with van der Waals surface area (Å²) in [6, 6.07) is 8.14. The fourth-order valence-electron chi connectivity index (χ4n) is 4.65. The summed E-state index contributed by atoms with van der Waals surface area (Å²) in [6.45, 7) is 9.02. The van der Waals surface area contributed by atoms with Crippen molar-refractivity contribution in [2.45, 2.75) is 38.6 Å². The van der Waals surface area contributed by atoms with Crippen molar-refractivity contribution < 1.29 is 9.59 Å². The monoisotopic (exact) mass is 398 g/mol. The number of likely N-dealkylation sites (tertiary alicyclic amines) is 2. The van der Waals surface area contributed by atoms with Crippen LogP contribution in [0.15, 0.2) is 24.3 Å². The molecule has 2 amide bonds. The molecule has 0 aromatic heterocycles. The molecule has 0 aliphatic carbocycles. The molecular weight excluding hydrogens is 364 g/mol. The molecule has 0 N–H and O–H groups in total. The van der Waals surface area contributed by atoms with Gasteiger partial charge in [-0.2, -0.15) is 0 Å². The topological polar surface area (TPSA) is 47.1 Å². The number of amides is 2. The number of piperazine rings is 1. The zero-order valence-electron chi connectivity index (χ0n) is 17.5. The van der Waals surface area contributed by atoms with E-state index in [0.717, 1.165) is 90.1 Å². The van der Waals surface area contributed by atoms with Gasteiger partial charge >= 0.3 is 0 Å². The highest BCUT2D eigenvalue weighted by Gasteiger charge is 2.23. The lowest BCUT2D eigenvalue weighted by Crippen LogP contribution is -2.50. The summed E-state index contributed by atoms with van der Waals surface area (Å²) in [6.07, 6.45) is 5.82. The molecule has 3 aliphatic rings. The third-order valence-electron chi connectivity index (χ3n) is 6.53. The van der Waals surface area contributed by atoms with Gasteiger partial charge in [0, 0.05) is 64.5 Å². The second-order valence-corrected chi connectivity index (χ2v) is 8.69.